The molecular weight excluding hydrogens is 663 g/mol. The fraction of sp³-hybridized carbons (Fsp3) is 0. The van der Waals surface area contributed by atoms with E-state index in [-0.39, 0.29) is 0 Å². The number of hydrogen-bond donors (Lipinski definition) is 0. The first kappa shape index (κ1) is 29.3. The van der Waals surface area contributed by atoms with Crippen molar-refractivity contribution in [2.75, 3.05) is 4.90 Å². The van der Waals surface area contributed by atoms with Crippen molar-refractivity contribution < 1.29 is 13.3 Å². The summed E-state index contributed by atoms with van der Waals surface area (Å²) < 4.78 is 19.6. The molecule has 0 atom stereocenters. The highest BCUT2D eigenvalue weighted by atomic mass is 16.3. The highest BCUT2D eigenvalue weighted by Crippen LogP contribution is 2.46. The summed E-state index contributed by atoms with van der Waals surface area (Å²) in [6.07, 6.45) is 0. The second kappa shape index (κ2) is 11.1. The standard InChI is InChI=1S/C50H29NO3/c1-3-11-35-30(9-1)22-27-40-42-29-34(25-28-45(42)53-48(35)40)51(43-16-8-18-46-47(43)41-13-5-6-17-44(41)52-46)33-23-19-32(20-24-33)37-14-7-15-38-39-26-21-31-10-2-4-12-36(31)50(39)54-49(37)38/h1-29H. The molecule has 0 aliphatic carbocycles. The zero-order valence-corrected chi connectivity index (χ0v) is 28.9. The van der Waals surface area contributed by atoms with E-state index >= 15 is 0 Å². The van der Waals surface area contributed by atoms with Crippen molar-refractivity contribution in [3.63, 3.8) is 0 Å². The summed E-state index contributed by atoms with van der Waals surface area (Å²) in [5, 5.41) is 11.1. The maximum Gasteiger partial charge on any atom is 0.143 e. The zero-order chi connectivity index (χ0) is 35.3. The first-order valence-electron chi connectivity index (χ1n) is 18.2. The lowest BCUT2D eigenvalue weighted by atomic mass is 10.0. The summed E-state index contributed by atoms with van der Waals surface area (Å²) >= 11 is 0. The van der Waals surface area contributed by atoms with E-state index in [9.17, 15) is 0 Å². The average Bonchev–Trinajstić information content (AvgIpc) is 3.93. The Kier molecular flexibility index (Phi) is 6.02. The van der Waals surface area contributed by atoms with Crippen molar-refractivity contribution in [1.29, 1.82) is 0 Å². The molecule has 0 aliphatic rings. The van der Waals surface area contributed by atoms with Gasteiger partial charge in [0.15, 0.2) is 0 Å². The largest absolute Gasteiger partial charge is 0.456 e. The maximum atomic E-state index is 6.71. The average molecular weight is 692 g/mol. The quantitative estimate of drug-likeness (QED) is 0.184. The van der Waals surface area contributed by atoms with E-state index in [1.807, 2.05) is 12.1 Å². The molecule has 252 valence electrons. The van der Waals surface area contributed by atoms with Gasteiger partial charge in [0, 0.05) is 54.6 Å². The van der Waals surface area contributed by atoms with Crippen LogP contribution < -0.4 is 4.90 Å². The lowest BCUT2D eigenvalue weighted by molar-refractivity contribution is 0.669. The summed E-state index contributed by atoms with van der Waals surface area (Å²) in [4.78, 5) is 2.33. The number of nitrogens with zero attached hydrogens (tertiary/aromatic N) is 1. The number of para-hydroxylation sites is 2. The van der Waals surface area contributed by atoms with E-state index < -0.39 is 0 Å². The van der Waals surface area contributed by atoms with Crippen molar-refractivity contribution in [2.45, 2.75) is 0 Å². The lowest BCUT2D eigenvalue weighted by Gasteiger charge is -2.26. The Labute approximate surface area is 308 Å². The molecule has 54 heavy (non-hydrogen) atoms. The summed E-state index contributed by atoms with van der Waals surface area (Å²) in [7, 11) is 0. The lowest BCUT2D eigenvalue weighted by Crippen LogP contribution is -2.10. The van der Waals surface area contributed by atoms with Gasteiger partial charge < -0.3 is 18.2 Å². The zero-order valence-electron chi connectivity index (χ0n) is 28.9. The van der Waals surface area contributed by atoms with Crippen molar-refractivity contribution in [2.24, 2.45) is 0 Å². The minimum atomic E-state index is 0.848. The van der Waals surface area contributed by atoms with Gasteiger partial charge in [0.2, 0.25) is 0 Å². The Morgan fingerprint density at radius 3 is 1.72 bits per heavy atom. The van der Waals surface area contributed by atoms with Gasteiger partial charge in [0.1, 0.15) is 33.5 Å². The number of benzene rings is 9. The van der Waals surface area contributed by atoms with E-state index in [0.717, 1.165) is 110 Å². The van der Waals surface area contributed by atoms with Crippen LogP contribution in [0.1, 0.15) is 0 Å². The van der Waals surface area contributed by atoms with Crippen LogP contribution in [0.2, 0.25) is 0 Å². The number of hydrogen-bond acceptors (Lipinski definition) is 4. The van der Waals surface area contributed by atoms with Crippen LogP contribution in [0.4, 0.5) is 17.1 Å². The smallest absolute Gasteiger partial charge is 0.143 e. The van der Waals surface area contributed by atoms with Crippen LogP contribution in [-0.4, -0.2) is 0 Å². The molecule has 3 aromatic heterocycles. The highest BCUT2D eigenvalue weighted by Gasteiger charge is 2.22. The van der Waals surface area contributed by atoms with Gasteiger partial charge in [-0.1, -0.05) is 115 Å². The van der Waals surface area contributed by atoms with Crippen molar-refractivity contribution >= 4 is 104 Å². The van der Waals surface area contributed by atoms with E-state index in [4.69, 9.17) is 13.3 Å². The molecule has 12 aromatic rings. The molecule has 0 radical (unpaired) electrons. The highest BCUT2D eigenvalue weighted by molar-refractivity contribution is 6.18. The Hall–Kier alpha value is -7.30. The fourth-order valence-corrected chi connectivity index (χ4v) is 8.54. The molecule has 4 heteroatoms. The molecule has 4 nitrogen and oxygen atoms in total. The first-order valence-corrected chi connectivity index (χ1v) is 18.2. The fourth-order valence-electron chi connectivity index (χ4n) is 8.54. The van der Waals surface area contributed by atoms with Crippen LogP contribution >= 0.6 is 0 Å². The predicted molar refractivity (Wildman–Crippen MR) is 223 cm³/mol. The van der Waals surface area contributed by atoms with E-state index in [1.54, 1.807) is 0 Å². The molecule has 0 N–H and O–H groups in total. The minimum absolute atomic E-state index is 0.848. The normalized spacial score (nSPS) is 12.1. The first-order chi connectivity index (χ1) is 26.8. The number of furan rings is 3. The van der Waals surface area contributed by atoms with Crippen molar-refractivity contribution in [3.05, 3.63) is 176 Å². The van der Waals surface area contributed by atoms with E-state index in [0.29, 0.717) is 0 Å². The van der Waals surface area contributed by atoms with Gasteiger partial charge in [-0.05, 0) is 77.0 Å². The topological polar surface area (TPSA) is 42.7 Å². The molecule has 9 aromatic carbocycles. The Balaban J connectivity index is 1.06. The molecule has 0 fully saturated rings. The molecule has 0 spiro atoms. The molecule has 0 saturated carbocycles. The van der Waals surface area contributed by atoms with Crippen molar-refractivity contribution in [3.8, 4) is 11.1 Å². The van der Waals surface area contributed by atoms with Crippen LogP contribution in [0.25, 0.3) is 98.5 Å². The minimum Gasteiger partial charge on any atom is -0.456 e. The summed E-state index contributed by atoms with van der Waals surface area (Å²) in [6, 6.07) is 61.9. The predicted octanol–water partition coefficient (Wildman–Crippen LogP) is 14.8. The van der Waals surface area contributed by atoms with Crippen molar-refractivity contribution in [1.82, 2.24) is 0 Å². The summed E-state index contributed by atoms with van der Waals surface area (Å²) in [5.74, 6) is 0. The summed E-state index contributed by atoms with van der Waals surface area (Å²) in [5.41, 5.74) is 10.5. The van der Waals surface area contributed by atoms with Gasteiger partial charge in [0.05, 0.1) is 11.1 Å². The van der Waals surface area contributed by atoms with Gasteiger partial charge in [-0.2, -0.15) is 0 Å². The number of fused-ring (bicyclic) bond motifs is 13. The number of rotatable bonds is 4. The Morgan fingerprint density at radius 2 is 0.926 bits per heavy atom. The van der Waals surface area contributed by atoms with Crippen LogP contribution in [0.15, 0.2) is 189 Å². The van der Waals surface area contributed by atoms with Crippen LogP contribution in [0.3, 0.4) is 0 Å². The van der Waals surface area contributed by atoms with Gasteiger partial charge in [0.25, 0.3) is 0 Å². The Bertz CT molecular complexity index is 3450. The molecule has 3 heterocycles. The van der Waals surface area contributed by atoms with Gasteiger partial charge in [-0.25, -0.2) is 0 Å². The third-order valence-electron chi connectivity index (χ3n) is 11.1. The number of anilines is 3. The third kappa shape index (κ3) is 4.19. The SMILES string of the molecule is c1ccc2c(c1)ccc1c3cc(N(c4ccc(-c5cccc6c5oc5c7ccccc7ccc65)cc4)c4cccc5oc6ccccc6c45)ccc3oc21. The van der Waals surface area contributed by atoms with E-state index in [2.05, 4.69) is 169 Å². The molecule has 12 rings (SSSR count). The van der Waals surface area contributed by atoms with Crippen LogP contribution in [0, 0.1) is 0 Å². The van der Waals surface area contributed by atoms with Crippen LogP contribution in [-0.2, 0) is 0 Å². The second-order valence-corrected chi connectivity index (χ2v) is 14.0. The van der Waals surface area contributed by atoms with Crippen LogP contribution in [0.5, 0.6) is 0 Å². The van der Waals surface area contributed by atoms with Gasteiger partial charge >= 0.3 is 0 Å². The monoisotopic (exact) mass is 691 g/mol. The molecule has 0 aliphatic heterocycles. The maximum absolute atomic E-state index is 6.71. The Morgan fingerprint density at radius 1 is 0.333 bits per heavy atom. The van der Waals surface area contributed by atoms with E-state index in [1.165, 1.54) is 5.39 Å². The molecule has 0 saturated heterocycles. The molecule has 0 bridgehead atoms. The second-order valence-electron chi connectivity index (χ2n) is 14.0. The van der Waals surface area contributed by atoms with Gasteiger partial charge in [-0.15, -0.1) is 0 Å². The third-order valence-corrected chi connectivity index (χ3v) is 11.1. The van der Waals surface area contributed by atoms with Gasteiger partial charge in [-0.3, -0.25) is 0 Å². The molecule has 0 unspecified atom stereocenters. The molecule has 0 amide bonds. The molecular formula is C50H29NO3. The summed E-state index contributed by atoms with van der Waals surface area (Å²) in [6.45, 7) is 0.